The molecule has 1 heterocycles. The van der Waals surface area contributed by atoms with E-state index in [-0.39, 0.29) is 5.54 Å². The standard InChI is InChI=1S/C13H21ClN2S/c1-10-4-3-5-13(6-10,9-14)15-7-12-16-11(2)8-17-12/h8,10,15H,3-7,9H2,1-2H3. The molecule has 96 valence electrons. The Kier molecular flexibility index (Phi) is 4.45. The Hall–Kier alpha value is -0.120. The van der Waals surface area contributed by atoms with Crippen molar-refractivity contribution in [3.8, 4) is 0 Å². The maximum Gasteiger partial charge on any atom is 0.107 e. The number of nitrogens with one attached hydrogen (secondary N) is 1. The molecule has 2 atom stereocenters. The van der Waals surface area contributed by atoms with Gasteiger partial charge in [-0.05, 0) is 25.7 Å². The van der Waals surface area contributed by atoms with Crippen LogP contribution >= 0.6 is 22.9 Å². The van der Waals surface area contributed by atoms with Gasteiger partial charge in [0.1, 0.15) is 5.01 Å². The van der Waals surface area contributed by atoms with Gasteiger partial charge < -0.3 is 5.32 Å². The molecule has 0 aromatic carbocycles. The Morgan fingerprint density at radius 3 is 3.06 bits per heavy atom. The molecular formula is C13H21ClN2S. The Bertz CT molecular complexity index is 366. The fraction of sp³-hybridized carbons (Fsp3) is 0.769. The van der Waals surface area contributed by atoms with E-state index >= 15 is 0 Å². The lowest BCUT2D eigenvalue weighted by atomic mass is 9.77. The van der Waals surface area contributed by atoms with E-state index in [1.165, 1.54) is 30.7 Å². The molecule has 0 radical (unpaired) electrons. The third-order valence-electron chi connectivity index (χ3n) is 3.63. The summed E-state index contributed by atoms with van der Waals surface area (Å²) in [7, 11) is 0. The van der Waals surface area contributed by atoms with E-state index in [9.17, 15) is 0 Å². The molecule has 0 spiro atoms. The number of hydrogen-bond donors (Lipinski definition) is 1. The first-order valence-corrected chi connectivity index (χ1v) is 7.77. The van der Waals surface area contributed by atoms with Crippen molar-refractivity contribution in [2.45, 2.75) is 51.6 Å². The van der Waals surface area contributed by atoms with Gasteiger partial charge in [-0.1, -0.05) is 19.8 Å². The lowest BCUT2D eigenvalue weighted by Crippen LogP contribution is -2.49. The van der Waals surface area contributed by atoms with Gasteiger partial charge in [0.25, 0.3) is 0 Å². The van der Waals surface area contributed by atoms with Gasteiger partial charge in [-0.3, -0.25) is 0 Å². The van der Waals surface area contributed by atoms with Crippen molar-refractivity contribution in [3.63, 3.8) is 0 Å². The molecule has 1 N–H and O–H groups in total. The molecule has 1 aromatic heterocycles. The van der Waals surface area contributed by atoms with E-state index in [0.717, 1.165) is 18.2 Å². The van der Waals surface area contributed by atoms with E-state index < -0.39 is 0 Å². The molecule has 1 fully saturated rings. The molecule has 0 aliphatic heterocycles. The lowest BCUT2D eigenvalue weighted by Gasteiger charge is -2.39. The van der Waals surface area contributed by atoms with Crippen molar-refractivity contribution in [2.24, 2.45) is 5.92 Å². The average Bonchev–Trinajstić information content (AvgIpc) is 2.73. The zero-order chi connectivity index (χ0) is 12.3. The first-order valence-electron chi connectivity index (χ1n) is 6.35. The molecule has 0 amide bonds. The highest BCUT2D eigenvalue weighted by Crippen LogP contribution is 2.33. The molecular weight excluding hydrogens is 252 g/mol. The van der Waals surface area contributed by atoms with Crippen molar-refractivity contribution in [3.05, 3.63) is 16.1 Å². The van der Waals surface area contributed by atoms with E-state index in [4.69, 9.17) is 11.6 Å². The predicted octanol–water partition coefficient (Wildman–Crippen LogP) is 3.73. The summed E-state index contributed by atoms with van der Waals surface area (Å²) in [4.78, 5) is 4.49. The van der Waals surface area contributed by atoms with Crippen molar-refractivity contribution in [1.29, 1.82) is 0 Å². The van der Waals surface area contributed by atoms with Crippen LogP contribution in [0.25, 0.3) is 0 Å². The summed E-state index contributed by atoms with van der Waals surface area (Å²) in [6, 6.07) is 0. The Balaban J connectivity index is 1.94. The zero-order valence-electron chi connectivity index (χ0n) is 10.6. The number of thiazole rings is 1. The van der Waals surface area contributed by atoms with Crippen LogP contribution in [0.2, 0.25) is 0 Å². The third-order valence-corrected chi connectivity index (χ3v) is 5.11. The smallest absolute Gasteiger partial charge is 0.107 e. The summed E-state index contributed by atoms with van der Waals surface area (Å²) in [6.07, 6.45) is 5.03. The second-order valence-corrected chi connectivity index (χ2v) is 6.56. The molecule has 2 unspecified atom stereocenters. The van der Waals surface area contributed by atoms with Crippen molar-refractivity contribution >= 4 is 22.9 Å². The summed E-state index contributed by atoms with van der Waals surface area (Å²) in [5, 5.41) is 6.94. The molecule has 1 aromatic rings. The molecule has 2 rings (SSSR count). The van der Waals surface area contributed by atoms with Crippen LogP contribution in [0.5, 0.6) is 0 Å². The zero-order valence-corrected chi connectivity index (χ0v) is 12.2. The topological polar surface area (TPSA) is 24.9 Å². The minimum Gasteiger partial charge on any atom is -0.304 e. The first kappa shape index (κ1) is 13.3. The summed E-state index contributed by atoms with van der Waals surface area (Å²) in [6.45, 7) is 5.23. The number of nitrogens with zero attached hydrogens (tertiary/aromatic N) is 1. The molecule has 1 aliphatic rings. The van der Waals surface area contributed by atoms with Gasteiger partial charge in [-0.2, -0.15) is 0 Å². The SMILES string of the molecule is Cc1csc(CNC2(CCl)CCCC(C)C2)n1. The molecule has 1 aliphatic carbocycles. The van der Waals surface area contributed by atoms with Crippen LogP contribution in [0.3, 0.4) is 0 Å². The number of hydrogen-bond acceptors (Lipinski definition) is 3. The van der Waals surface area contributed by atoms with Crippen LogP contribution in [-0.2, 0) is 6.54 Å². The van der Waals surface area contributed by atoms with E-state index in [1.807, 2.05) is 6.92 Å². The quantitative estimate of drug-likeness (QED) is 0.845. The van der Waals surface area contributed by atoms with Crippen LogP contribution in [0.4, 0.5) is 0 Å². The van der Waals surface area contributed by atoms with Crippen LogP contribution < -0.4 is 5.32 Å². The average molecular weight is 273 g/mol. The van der Waals surface area contributed by atoms with Crippen LogP contribution in [0, 0.1) is 12.8 Å². The van der Waals surface area contributed by atoms with Gasteiger partial charge in [-0.25, -0.2) is 4.98 Å². The van der Waals surface area contributed by atoms with Gasteiger partial charge in [0.15, 0.2) is 0 Å². The largest absolute Gasteiger partial charge is 0.304 e. The second kappa shape index (κ2) is 5.68. The number of aryl methyl sites for hydroxylation is 1. The van der Waals surface area contributed by atoms with Gasteiger partial charge >= 0.3 is 0 Å². The summed E-state index contributed by atoms with van der Waals surface area (Å²) < 4.78 is 0. The van der Waals surface area contributed by atoms with Crippen molar-refractivity contribution < 1.29 is 0 Å². The van der Waals surface area contributed by atoms with E-state index in [2.05, 4.69) is 22.6 Å². The minimum absolute atomic E-state index is 0.138. The monoisotopic (exact) mass is 272 g/mol. The number of rotatable bonds is 4. The highest BCUT2D eigenvalue weighted by molar-refractivity contribution is 7.09. The summed E-state index contributed by atoms with van der Waals surface area (Å²) in [5.74, 6) is 1.50. The summed E-state index contributed by atoms with van der Waals surface area (Å²) >= 11 is 7.93. The molecule has 17 heavy (non-hydrogen) atoms. The van der Waals surface area contributed by atoms with Gasteiger partial charge in [0, 0.05) is 29.0 Å². The highest BCUT2D eigenvalue weighted by Gasteiger charge is 2.33. The highest BCUT2D eigenvalue weighted by atomic mass is 35.5. The first-order chi connectivity index (χ1) is 8.13. The van der Waals surface area contributed by atoms with Crippen LogP contribution in [-0.4, -0.2) is 16.4 Å². The maximum atomic E-state index is 6.19. The number of halogens is 1. The fourth-order valence-electron chi connectivity index (χ4n) is 2.74. The minimum atomic E-state index is 0.138. The van der Waals surface area contributed by atoms with E-state index in [0.29, 0.717) is 5.88 Å². The van der Waals surface area contributed by atoms with E-state index in [1.54, 1.807) is 11.3 Å². The van der Waals surface area contributed by atoms with Gasteiger partial charge in [0.05, 0.1) is 0 Å². The fourth-order valence-corrected chi connectivity index (χ4v) is 3.78. The van der Waals surface area contributed by atoms with Crippen LogP contribution in [0.15, 0.2) is 5.38 Å². The predicted molar refractivity (Wildman–Crippen MR) is 74.8 cm³/mol. The normalized spacial score (nSPS) is 29.5. The van der Waals surface area contributed by atoms with Crippen molar-refractivity contribution in [1.82, 2.24) is 10.3 Å². The second-order valence-electron chi connectivity index (χ2n) is 5.35. The van der Waals surface area contributed by atoms with Crippen LogP contribution in [0.1, 0.15) is 43.3 Å². The summed E-state index contributed by atoms with van der Waals surface area (Å²) in [5.41, 5.74) is 1.25. The van der Waals surface area contributed by atoms with Gasteiger partial charge in [0.2, 0.25) is 0 Å². The Morgan fingerprint density at radius 1 is 1.65 bits per heavy atom. The Morgan fingerprint density at radius 2 is 2.47 bits per heavy atom. The molecule has 0 saturated heterocycles. The molecule has 0 bridgehead atoms. The van der Waals surface area contributed by atoms with Crippen molar-refractivity contribution in [2.75, 3.05) is 5.88 Å². The number of aromatic nitrogens is 1. The third kappa shape index (κ3) is 3.43. The van der Waals surface area contributed by atoms with Gasteiger partial charge in [-0.15, -0.1) is 22.9 Å². The molecule has 1 saturated carbocycles. The number of alkyl halides is 1. The Labute approximate surface area is 113 Å². The maximum absolute atomic E-state index is 6.19. The molecule has 4 heteroatoms. The molecule has 2 nitrogen and oxygen atoms in total. The lowest BCUT2D eigenvalue weighted by molar-refractivity contribution is 0.207.